The summed E-state index contributed by atoms with van der Waals surface area (Å²) in [6.45, 7) is 0.274. The van der Waals surface area contributed by atoms with Gasteiger partial charge in [0.25, 0.3) is 0 Å². The van der Waals surface area contributed by atoms with Crippen LogP contribution in [0.5, 0.6) is 0 Å². The predicted molar refractivity (Wildman–Crippen MR) is 62.2 cm³/mol. The van der Waals surface area contributed by atoms with E-state index in [0.717, 1.165) is 12.1 Å². The van der Waals surface area contributed by atoms with Crippen LogP contribution in [0.1, 0.15) is 16.9 Å². The molecule has 0 saturated heterocycles. The first kappa shape index (κ1) is 13.0. The van der Waals surface area contributed by atoms with E-state index in [2.05, 4.69) is 5.32 Å². The molecule has 0 unspecified atom stereocenters. The zero-order valence-corrected chi connectivity index (χ0v) is 9.66. The van der Waals surface area contributed by atoms with Crippen molar-refractivity contribution in [1.82, 2.24) is 0 Å². The summed E-state index contributed by atoms with van der Waals surface area (Å²) >= 11 is 0. The fraction of sp³-hybridized carbons (Fsp3) is 0.154. The number of nitrogens with zero attached hydrogens (tertiary/aromatic N) is 1. The molecule has 0 aliphatic heterocycles. The van der Waals surface area contributed by atoms with Crippen LogP contribution in [-0.2, 0) is 12.7 Å². The van der Waals surface area contributed by atoms with E-state index >= 15 is 0 Å². The highest BCUT2D eigenvalue weighted by Gasteiger charge is 2.33. The number of rotatable bonds is 3. The van der Waals surface area contributed by atoms with Crippen molar-refractivity contribution in [3.63, 3.8) is 0 Å². The molecule has 1 heterocycles. The van der Waals surface area contributed by atoms with Gasteiger partial charge in [-0.05, 0) is 30.3 Å². The SMILES string of the molecule is N#Cc1ccc(NCc2ccco2)cc1C(F)(F)F. The summed E-state index contributed by atoms with van der Waals surface area (Å²) in [5.41, 5.74) is -1.06. The highest BCUT2D eigenvalue weighted by molar-refractivity contribution is 5.53. The monoisotopic (exact) mass is 266 g/mol. The molecule has 2 rings (SSSR count). The lowest BCUT2D eigenvalue weighted by molar-refractivity contribution is -0.137. The Labute approximate surface area is 107 Å². The third-order valence-corrected chi connectivity index (χ3v) is 2.49. The number of anilines is 1. The van der Waals surface area contributed by atoms with Gasteiger partial charge < -0.3 is 9.73 Å². The first-order chi connectivity index (χ1) is 9.00. The molecule has 0 aliphatic rings. The average Bonchev–Trinajstić information content (AvgIpc) is 2.88. The topological polar surface area (TPSA) is 49.0 Å². The molecule has 0 atom stereocenters. The van der Waals surface area contributed by atoms with Crippen molar-refractivity contribution in [3.8, 4) is 6.07 Å². The van der Waals surface area contributed by atoms with E-state index < -0.39 is 17.3 Å². The largest absolute Gasteiger partial charge is 0.467 e. The molecule has 0 saturated carbocycles. The van der Waals surface area contributed by atoms with Gasteiger partial charge in [-0.3, -0.25) is 0 Å². The van der Waals surface area contributed by atoms with Gasteiger partial charge in [0.1, 0.15) is 5.76 Å². The van der Waals surface area contributed by atoms with Crippen LogP contribution in [0.15, 0.2) is 41.0 Å². The maximum Gasteiger partial charge on any atom is 0.417 e. The van der Waals surface area contributed by atoms with Crippen LogP contribution in [0.25, 0.3) is 0 Å². The van der Waals surface area contributed by atoms with Gasteiger partial charge in [0.2, 0.25) is 0 Å². The minimum absolute atomic E-state index is 0.274. The molecular weight excluding hydrogens is 257 g/mol. The quantitative estimate of drug-likeness (QED) is 0.919. The zero-order chi connectivity index (χ0) is 13.9. The van der Waals surface area contributed by atoms with Crippen molar-refractivity contribution in [2.45, 2.75) is 12.7 Å². The van der Waals surface area contributed by atoms with Crippen molar-refractivity contribution < 1.29 is 17.6 Å². The highest BCUT2D eigenvalue weighted by atomic mass is 19.4. The molecule has 0 fully saturated rings. The van der Waals surface area contributed by atoms with E-state index in [1.54, 1.807) is 12.1 Å². The Morgan fingerprint density at radius 2 is 2.05 bits per heavy atom. The van der Waals surface area contributed by atoms with Crippen molar-refractivity contribution in [3.05, 3.63) is 53.5 Å². The molecule has 1 N–H and O–H groups in total. The second-order valence-electron chi connectivity index (χ2n) is 3.80. The van der Waals surface area contributed by atoms with Gasteiger partial charge in [-0.15, -0.1) is 0 Å². The van der Waals surface area contributed by atoms with Crippen LogP contribution < -0.4 is 5.32 Å². The lowest BCUT2D eigenvalue weighted by Gasteiger charge is -2.11. The number of alkyl halides is 3. The number of benzene rings is 1. The Balaban J connectivity index is 2.21. The first-order valence-electron chi connectivity index (χ1n) is 5.38. The molecule has 0 bridgehead atoms. The number of nitrogens with one attached hydrogen (secondary N) is 1. The van der Waals surface area contributed by atoms with Gasteiger partial charge in [-0.1, -0.05) is 0 Å². The molecule has 0 spiro atoms. The third kappa shape index (κ3) is 3.07. The summed E-state index contributed by atoms with van der Waals surface area (Å²) < 4.78 is 43.3. The first-order valence-corrected chi connectivity index (χ1v) is 5.38. The Kier molecular flexibility index (Phi) is 3.47. The molecule has 98 valence electrons. The summed E-state index contributed by atoms with van der Waals surface area (Å²) in [6, 6.07) is 8.43. The third-order valence-electron chi connectivity index (χ3n) is 2.49. The van der Waals surface area contributed by atoms with Crippen LogP contribution in [-0.4, -0.2) is 0 Å². The number of hydrogen-bond acceptors (Lipinski definition) is 3. The Morgan fingerprint density at radius 1 is 1.26 bits per heavy atom. The molecule has 1 aromatic heterocycles. The maximum absolute atomic E-state index is 12.7. The van der Waals surface area contributed by atoms with E-state index in [-0.39, 0.29) is 12.2 Å². The molecule has 3 nitrogen and oxygen atoms in total. The fourth-order valence-electron chi connectivity index (χ4n) is 1.59. The van der Waals surface area contributed by atoms with E-state index in [9.17, 15) is 13.2 Å². The minimum Gasteiger partial charge on any atom is -0.467 e. The fourth-order valence-corrected chi connectivity index (χ4v) is 1.59. The molecule has 1 aromatic carbocycles. The molecule has 19 heavy (non-hydrogen) atoms. The molecule has 2 aromatic rings. The van der Waals surface area contributed by atoms with Crippen LogP contribution in [0.4, 0.5) is 18.9 Å². The van der Waals surface area contributed by atoms with Gasteiger partial charge in [0, 0.05) is 5.69 Å². The number of hydrogen-bond donors (Lipinski definition) is 1. The van der Waals surface area contributed by atoms with E-state index in [1.165, 1.54) is 18.4 Å². The maximum atomic E-state index is 12.7. The lowest BCUT2D eigenvalue weighted by atomic mass is 10.1. The minimum atomic E-state index is -4.55. The van der Waals surface area contributed by atoms with Crippen molar-refractivity contribution in [2.75, 3.05) is 5.32 Å². The standard InChI is InChI=1S/C13H9F3N2O/c14-13(15,16)12-6-10(4-3-9(12)7-17)18-8-11-2-1-5-19-11/h1-6,18H,8H2. The summed E-state index contributed by atoms with van der Waals surface area (Å²) in [4.78, 5) is 0. The summed E-state index contributed by atoms with van der Waals surface area (Å²) in [5.74, 6) is 0.609. The van der Waals surface area contributed by atoms with E-state index in [1.807, 2.05) is 0 Å². The molecule has 6 heteroatoms. The lowest BCUT2D eigenvalue weighted by Crippen LogP contribution is -2.09. The van der Waals surface area contributed by atoms with E-state index in [4.69, 9.17) is 9.68 Å². The molecule has 0 amide bonds. The summed E-state index contributed by atoms with van der Waals surface area (Å²) in [5, 5.41) is 11.5. The van der Waals surface area contributed by atoms with Crippen LogP contribution in [0, 0.1) is 11.3 Å². The van der Waals surface area contributed by atoms with Gasteiger partial charge in [0.05, 0.1) is 30.0 Å². The number of nitriles is 1. The van der Waals surface area contributed by atoms with Crippen molar-refractivity contribution in [1.29, 1.82) is 5.26 Å². The molecule has 0 radical (unpaired) electrons. The Morgan fingerprint density at radius 3 is 2.63 bits per heavy atom. The van der Waals surface area contributed by atoms with Crippen LogP contribution >= 0.6 is 0 Å². The van der Waals surface area contributed by atoms with Crippen molar-refractivity contribution in [2.24, 2.45) is 0 Å². The van der Waals surface area contributed by atoms with Crippen LogP contribution in [0.2, 0.25) is 0 Å². The number of furan rings is 1. The zero-order valence-electron chi connectivity index (χ0n) is 9.66. The second kappa shape index (κ2) is 5.06. The molecule has 0 aliphatic carbocycles. The summed E-state index contributed by atoms with van der Waals surface area (Å²) in [6.07, 6.45) is -3.07. The normalized spacial score (nSPS) is 11.1. The van der Waals surface area contributed by atoms with Crippen LogP contribution in [0.3, 0.4) is 0 Å². The van der Waals surface area contributed by atoms with Gasteiger partial charge >= 0.3 is 6.18 Å². The molecular formula is C13H9F3N2O. The second-order valence-corrected chi connectivity index (χ2v) is 3.80. The van der Waals surface area contributed by atoms with Gasteiger partial charge in [-0.25, -0.2) is 0 Å². The average molecular weight is 266 g/mol. The highest BCUT2D eigenvalue weighted by Crippen LogP contribution is 2.33. The number of halogens is 3. The Hall–Kier alpha value is -2.42. The van der Waals surface area contributed by atoms with Gasteiger partial charge in [0.15, 0.2) is 0 Å². The smallest absolute Gasteiger partial charge is 0.417 e. The predicted octanol–water partition coefficient (Wildman–Crippen LogP) is 3.78. The van der Waals surface area contributed by atoms with E-state index in [0.29, 0.717) is 5.76 Å². The van der Waals surface area contributed by atoms with Gasteiger partial charge in [-0.2, -0.15) is 18.4 Å². The summed E-state index contributed by atoms with van der Waals surface area (Å²) in [7, 11) is 0. The Bertz CT molecular complexity index is 597. The van der Waals surface area contributed by atoms with Crippen molar-refractivity contribution >= 4 is 5.69 Å².